The molecule has 0 saturated heterocycles. The van der Waals surface area contributed by atoms with Crippen LogP contribution in [0.5, 0.6) is 0 Å². The third-order valence-corrected chi connectivity index (χ3v) is 3.31. The molecule has 14 heavy (non-hydrogen) atoms. The van der Waals surface area contributed by atoms with Crippen molar-refractivity contribution in [3.05, 3.63) is 0 Å². The first-order chi connectivity index (χ1) is 6.57. The lowest BCUT2D eigenvalue weighted by Gasteiger charge is -2.08. The molecule has 0 aromatic carbocycles. The average molecular weight is 221 g/mol. The summed E-state index contributed by atoms with van der Waals surface area (Å²) in [6, 6.07) is 0. The number of nitrogens with one attached hydrogen (secondary N) is 1. The first kappa shape index (κ1) is 11.4. The maximum atomic E-state index is 11.1. The Morgan fingerprint density at radius 1 is 1.71 bits per heavy atom. The summed E-state index contributed by atoms with van der Waals surface area (Å²) in [5.74, 6) is 0.0737. The molecule has 0 fully saturated rings. The standard InChI is InChI=1S/C7H15N3O3S/c1-2-14(11,12)9-5-7-3-6(4-8)10-13-7/h7,9H,2-5,8H2,1H3/t7-/m1/s1. The van der Waals surface area contributed by atoms with Crippen LogP contribution in [0.2, 0.25) is 0 Å². The first-order valence-corrected chi connectivity index (χ1v) is 6.11. The zero-order valence-corrected chi connectivity index (χ0v) is 8.88. The summed E-state index contributed by atoms with van der Waals surface area (Å²) in [6.07, 6.45) is 0.387. The highest BCUT2D eigenvalue weighted by Gasteiger charge is 2.21. The minimum absolute atomic E-state index is 0.0737. The summed E-state index contributed by atoms with van der Waals surface area (Å²) >= 11 is 0. The number of sulfonamides is 1. The zero-order chi connectivity index (χ0) is 10.6. The highest BCUT2D eigenvalue weighted by atomic mass is 32.2. The maximum absolute atomic E-state index is 11.1. The molecule has 1 rings (SSSR count). The van der Waals surface area contributed by atoms with Crippen molar-refractivity contribution in [2.24, 2.45) is 10.9 Å². The van der Waals surface area contributed by atoms with E-state index in [1.165, 1.54) is 0 Å². The van der Waals surface area contributed by atoms with Gasteiger partial charge < -0.3 is 10.6 Å². The Kier molecular flexibility index (Phi) is 3.85. The number of nitrogens with zero attached hydrogens (tertiary/aromatic N) is 1. The van der Waals surface area contributed by atoms with E-state index in [0.29, 0.717) is 13.0 Å². The number of hydrogen-bond acceptors (Lipinski definition) is 5. The molecule has 0 aromatic rings. The van der Waals surface area contributed by atoms with Crippen molar-refractivity contribution >= 4 is 15.7 Å². The van der Waals surface area contributed by atoms with Gasteiger partial charge in [0.15, 0.2) is 0 Å². The minimum atomic E-state index is -3.14. The maximum Gasteiger partial charge on any atom is 0.211 e. The molecule has 1 aliphatic heterocycles. The Labute approximate surface area is 83.5 Å². The van der Waals surface area contributed by atoms with Gasteiger partial charge in [0.2, 0.25) is 10.0 Å². The van der Waals surface area contributed by atoms with Crippen LogP contribution >= 0.6 is 0 Å². The zero-order valence-electron chi connectivity index (χ0n) is 8.06. The smallest absolute Gasteiger partial charge is 0.211 e. The van der Waals surface area contributed by atoms with Crippen molar-refractivity contribution in [2.75, 3.05) is 18.8 Å². The van der Waals surface area contributed by atoms with Gasteiger partial charge in [-0.1, -0.05) is 5.16 Å². The van der Waals surface area contributed by atoms with Crippen LogP contribution in [0.1, 0.15) is 13.3 Å². The van der Waals surface area contributed by atoms with Crippen molar-refractivity contribution in [1.29, 1.82) is 0 Å². The molecule has 0 saturated carbocycles. The molecule has 0 amide bonds. The van der Waals surface area contributed by atoms with Crippen LogP contribution in [-0.4, -0.2) is 39.1 Å². The number of rotatable bonds is 5. The third kappa shape index (κ3) is 3.24. The molecule has 0 unspecified atom stereocenters. The molecular weight excluding hydrogens is 206 g/mol. The summed E-state index contributed by atoms with van der Waals surface area (Å²) in [5, 5.41) is 3.72. The van der Waals surface area contributed by atoms with E-state index < -0.39 is 10.0 Å². The molecule has 0 spiro atoms. The topological polar surface area (TPSA) is 93.8 Å². The Bertz CT molecular complexity index is 312. The number of hydrogen-bond donors (Lipinski definition) is 2. The lowest BCUT2D eigenvalue weighted by atomic mass is 10.2. The van der Waals surface area contributed by atoms with Crippen LogP contribution in [0, 0.1) is 0 Å². The second kappa shape index (κ2) is 4.72. The van der Waals surface area contributed by atoms with Crippen LogP contribution in [-0.2, 0) is 14.9 Å². The van der Waals surface area contributed by atoms with Gasteiger partial charge in [0, 0.05) is 13.0 Å². The number of nitrogens with two attached hydrogens (primary N) is 1. The molecule has 6 nitrogen and oxygen atoms in total. The van der Waals surface area contributed by atoms with Gasteiger partial charge in [0.05, 0.1) is 18.0 Å². The number of oxime groups is 1. The van der Waals surface area contributed by atoms with Crippen molar-refractivity contribution in [1.82, 2.24) is 4.72 Å². The predicted molar refractivity (Wildman–Crippen MR) is 53.4 cm³/mol. The Hall–Kier alpha value is -0.660. The third-order valence-electron chi connectivity index (χ3n) is 1.94. The molecule has 0 radical (unpaired) electrons. The largest absolute Gasteiger partial charge is 0.391 e. The lowest BCUT2D eigenvalue weighted by Crippen LogP contribution is -2.33. The summed E-state index contributed by atoms with van der Waals surface area (Å²) in [7, 11) is -3.14. The molecular formula is C7H15N3O3S. The lowest BCUT2D eigenvalue weighted by molar-refractivity contribution is 0.0891. The fourth-order valence-corrected chi connectivity index (χ4v) is 1.68. The van der Waals surface area contributed by atoms with Gasteiger partial charge in [0.25, 0.3) is 0 Å². The van der Waals surface area contributed by atoms with Crippen LogP contribution < -0.4 is 10.5 Å². The van der Waals surface area contributed by atoms with Crippen molar-refractivity contribution in [2.45, 2.75) is 19.4 Å². The molecule has 3 N–H and O–H groups in total. The summed E-state index contributed by atoms with van der Waals surface area (Å²) in [5.41, 5.74) is 6.12. The van der Waals surface area contributed by atoms with Crippen molar-refractivity contribution in [3.8, 4) is 0 Å². The fourth-order valence-electron chi connectivity index (χ4n) is 1.04. The van der Waals surface area contributed by atoms with E-state index >= 15 is 0 Å². The SMILES string of the molecule is CCS(=O)(=O)NC[C@H]1CC(CN)=NO1. The van der Waals surface area contributed by atoms with E-state index in [1.807, 2.05) is 0 Å². The van der Waals surface area contributed by atoms with Crippen molar-refractivity contribution in [3.63, 3.8) is 0 Å². The normalized spacial score (nSPS) is 21.9. The van der Waals surface area contributed by atoms with Gasteiger partial charge in [-0.05, 0) is 6.92 Å². The molecule has 0 aromatic heterocycles. The minimum Gasteiger partial charge on any atom is -0.391 e. The van der Waals surface area contributed by atoms with E-state index in [4.69, 9.17) is 10.6 Å². The first-order valence-electron chi connectivity index (χ1n) is 4.46. The second-order valence-corrected chi connectivity index (χ2v) is 5.14. The van der Waals surface area contributed by atoms with E-state index in [-0.39, 0.29) is 18.4 Å². The summed E-state index contributed by atoms with van der Waals surface area (Å²) in [6.45, 7) is 2.19. The molecule has 0 aliphatic carbocycles. The van der Waals surface area contributed by atoms with E-state index in [2.05, 4.69) is 9.88 Å². The van der Waals surface area contributed by atoms with Gasteiger partial charge in [-0.15, -0.1) is 0 Å². The molecule has 0 bridgehead atoms. The Morgan fingerprint density at radius 2 is 2.43 bits per heavy atom. The van der Waals surface area contributed by atoms with Gasteiger partial charge in [0.1, 0.15) is 6.10 Å². The highest BCUT2D eigenvalue weighted by Crippen LogP contribution is 2.08. The van der Waals surface area contributed by atoms with Crippen LogP contribution in [0.4, 0.5) is 0 Å². The summed E-state index contributed by atoms with van der Waals surface area (Å²) < 4.78 is 24.6. The molecule has 82 valence electrons. The monoisotopic (exact) mass is 221 g/mol. The summed E-state index contributed by atoms with van der Waals surface area (Å²) in [4.78, 5) is 4.98. The molecule has 1 aliphatic rings. The van der Waals surface area contributed by atoms with E-state index in [0.717, 1.165) is 5.71 Å². The van der Waals surface area contributed by atoms with Crippen LogP contribution in [0.25, 0.3) is 0 Å². The van der Waals surface area contributed by atoms with Crippen molar-refractivity contribution < 1.29 is 13.3 Å². The fraction of sp³-hybridized carbons (Fsp3) is 0.857. The Morgan fingerprint density at radius 3 is 2.93 bits per heavy atom. The highest BCUT2D eigenvalue weighted by molar-refractivity contribution is 7.89. The average Bonchev–Trinajstić information content (AvgIpc) is 2.63. The predicted octanol–water partition coefficient (Wildman–Crippen LogP) is -0.971. The van der Waals surface area contributed by atoms with Gasteiger partial charge >= 0.3 is 0 Å². The van der Waals surface area contributed by atoms with Crippen LogP contribution in [0.3, 0.4) is 0 Å². The van der Waals surface area contributed by atoms with E-state index in [1.54, 1.807) is 6.92 Å². The molecule has 1 atom stereocenters. The molecule has 7 heteroatoms. The van der Waals surface area contributed by atoms with Gasteiger partial charge in [-0.2, -0.15) is 0 Å². The molecule has 1 heterocycles. The second-order valence-electron chi connectivity index (χ2n) is 3.05. The quantitative estimate of drug-likeness (QED) is 0.624. The van der Waals surface area contributed by atoms with Gasteiger partial charge in [-0.3, -0.25) is 0 Å². The van der Waals surface area contributed by atoms with Gasteiger partial charge in [-0.25, -0.2) is 13.1 Å². The van der Waals surface area contributed by atoms with Crippen LogP contribution in [0.15, 0.2) is 5.16 Å². The van der Waals surface area contributed by atoms with E-state index in [9.17, 15) is 8.42 Å². The Balaban J connectivity index is 2.29.